The van der Waals surface area contributed by atoms with E-state index >= 15 is 0 Å². The van der Waals surface area contributed by atoms with E-state index in [0.717, 1.165) is 38.5 Å². The van der Waals surface area contributed by atoms with Gasteiger partial charge in [-0.1, -0.05) is 373 Å². The Labute approximate surface area is 482 Å². The van der Waals surface area contributed by atoms with E-state index < -0.39 is 12.1 Å². The highest BCUT2D eigenvalue weighted by Crippen LogP contribution is 2.19. The number of carbonyl (C=O) groups is 2. The molecule has 0 spiro atoms. The van der Waals surface area contributed by atoms with Gasteiger partial charge in [-0.2, -0.15) is 0 Å². The fourth-order valence-electron chi connectivity index (χ4n) is 11.4. The number of esters is 1. The quantitative estimate of drug-likeness (QED) is 0.0320. The molecule has 0 aromatic heterocycles. The summed E-state index contributed by atoms with van der Waals surface area (Å²) < 4.78 is 5.50. The lowest BCUT2D eigenvalue weighted by molar-refractivity contribution is -0.143. The SMILES string of the molecule is CCCCCCCCC/C=C/C(O)C(CO)NC(=O)CCCCCCCCCCCCCCCCCCCCCCCCCCCCCCCCCCCCCCCOC(=O)CCCCCCCCCCCCCCCC. The van der Waals surface area contributed by atoms with Crippen LogP contribution < -0.4 is 5.32 Å². The summed E-state index contributed by atoms with van der Waals surface area (Å²) in [6.45, 7) is 4.91. The predicted molar refractivity (Wildman–Crippen MR) is 338 cm³/mol. The summed E-state index contributed by atoms with van der Waals surface area (Å²) in [5.74, 6) is -0.0369. The van der Waals surface area contributed by atoms with Gasteiger partial charge in [0.2, 0.25) is 5.91 Å². The summed E-state index contributed by atoms with van der Waals surface area (Å²) in [7, 11) is 0. The van der Waals surface area contributed by atoms with Crippen molar-refractivity contribution < 1.29 is 24.5 Å². The lowest BCUT2D eigenvalue weighted by Crippen LogP contribution is -2.45. The minimum atomic E-state index is -0.837. The Morgan fingerprint density at radius 1 is 0.351 bits per heavy atom. The maximum Gasteiger partial charge on any atom is 0.305 e. The fourth-order valence-corrected chi connectivity index (χ4v) is 11.4. The molecule has 0 radical (unpaired) electrons. The Bertz CT molecular complexity index is 1160. The van der Waals surface area contributed by atoms with E-state index in [-0.39, 0.29) is 18.5 Å². The van der Waals surface area contributed by atoms with Gasteiger partial charge in [0.15, 0.2) is 0 Å². The summed E-state index contributed by atoms with van der Waals surface area (Å²) in [6, 6.07) is -0.620. The van der Waals surface area contributed by atoms with Crippen LogP contribution >= 0.6 is 0 Å². The smallest absolute Gasteiger partial charge is 0.305 e. The normalized spacial score (nSPS) is 12.5. The van der Waals surface area contributed by atoms with Crippen LogP contribution in [0.15, 0.2) is 12.2 Å². The third kappa shape index (κ3) is 63.6. The van der Waals surface area contributed by atoms with Crippen LogP contribution in [0.1, 0.15) is 406 Å². The molecule has 0 saturated carbocycles. The van der Waals surface area contributed by atoms with Gasteiger partial charge in [0.05, 0.1) is 25.4 Å². The van der Waals surface area contributed by atoms with Gasteiger partial charge in [-0.3, -0.25) is 9.59 Å². The van der Waals surface area contributed by atoms with Gasteiger partial charge in [0.25, 0.3) is 0 Å². The number of aliphatic hydroxyl groups is 2. The van der Waals surface area contributed by atoms with E-state index in [9.17, 15) is 19.8 Å². The molecule has 0 aromatic rings. The summed E-state index contributed by atoms with van der Waals surface area (Å²) in [4.78, 5) is 24.5. The first-order valence-corrected chi connectivity index (χ1v) is 35.5. The van der Waals surface area contributed by atoms with Crippen LogP contribution in [0.25, 0.3) is 0 Å². The lowest BCUT2D eigenvalue weighted by Gasteiger charge is -2.20. The first kappa shape index (κ1) is 75.6. The van der Waals surface area contributed by atoms with Crippen molar-refractivity contribution in [2.24, 2.45) is 0 Å². The van der Waals surface area contributed by atoms with E-state index in [4.69, 9.17) is 4.74 Å². The molecule has 6 nitrogen and oxygen atoms in total. The van der Waals surface area contributed by atoms with Gasteiger partial charge in [-0.05, 0) is 32.1 Å². The highest BCUT2D eigenvalue weighted by atomic mass is 16.5. The molecule has 77 heavy (non-hydrogen) atoms. The minimum absolute atomic E-state index is 0.0261. The van der Waals surface area contributed by atoms with Crippen LogP contribution in [0.2, 0.25) is 0 Å². The fraction of sp³-hybridized carbons (Fsp3) is 0.944. The monoisotopic (exact) mass is 1090 g/mol. The van der Waals surface area contributed by atoms with Crippen LogP contribution in [-0.4, -0.2) is 47.4 Å². The van der Waals surface area contributed by atoms with Gasteiger partial charge in [-0.15, -0.1) is 0 Å². The predicted octanol–water partition coefficient (Wildman–Crippen LogP) is 22.8. The molecule has 2 unspecified atom stereocenters. The molecule has 2 atom stereocenters. The second-order valence-corrected chi connectivity index (χ2v) is 24.6. The molecule has 0 bridgehead atoms. The number of hydrogen-bond acceptors (Lipinski definition) is 5. The molecule has 0 aliphatic carbocycles. The number of nitrogens with one attached hydrogen (secondary N) is 1. The van der Waals surface area contributed by atoms with Gasteiger partial charge in [-0.25, -0.2) is 0 Å². The number of carbonyl (C=O) groups excluding carboxylic acids is 2. The molecule has 0 saturated heterocycles. The van der Waals surface area contributed by atoms with Crippen molar-refractivity contribution in [1.29, 1.82) is 0 Å². The van der Waals surface area contributed by atoms with Gasteiger partial charge in [0.1, 0.15) is 0 Å². The van der Waals surface area contributed by atoms with Crippen molar-refractivity contribution in [3.8, 4) is 0 Å². The molecule has 0 aliphatic heterocycles. The first-order valence-electron chi connectivity index (χ1n) is 35.5. The van der Waals surface area contributed by atoms with Gasteiger partial charge >= 0.3 is 5.97 Å². The second kappa shape index (κ2) is 67.1. The van der Waals surface area contributed by atoms with Crippen LogP contribution in [0.5, 0.6) is 0 Å². The third-order valence-corrected chi connectivity index (χ3v) is 16.8. The number of allylic oxidation sites excluding steroid dienone is 1. The summed E-state index contributed by atoms with van der Waals surface area (Å²) >= 11 is 0. The standard InChI is InChI=1S/C71H139NO5/c1-3-5-7-9-11-13-14-15-42-45-49-53-57-61-65-71(76)77-66-62-58-54-50-46-43-40-38-36-34-32-30-28-26-24-22-20-18-16-17-19-21-23-25-27-29-31-33-35-37-39-41-44-48-52-56-60-64-70(75)72-68(67-73)69(74)63-59-55-51-47-12-10-8-6-4-2/h59,63,68-69,73-74H,3-58,60-62,64-67H2,1-2H3,(H,72,75)/b63-59+. The van der Waals surface area contributed by atoms with E-state index in [1.54, 1.807) is 6.08 Å². The first-order chi connectivity index (χ1) is 38.0. The largest absolute Gasteiger partial charge is 0.466 e. The van der Waals surface area contributed by atoms with E-state index in [2.05, 4.69) is 19.2 Å². The van der Waals surface area contributed by atoms with E-state index in [1.165, 1.54) is 340 Å². The maximum absolute atomic E-state index is 12.4. The summed E-state index contributed by atoms with van der Waals surface area (Å²) in [5.41, 5.74) is 0. The molecule has 0 fully saturated rings. The second-order valence-electron chi connectivity index (χ2n) is 24.6. The Balaban J connectivity index is 3.26. The highest BCUT2D eigenvalue weighted by molar-refractivity contribution is 5.76. The van der Waals surface area contributed by atoms with Crippen molar-refractivity contribution in [3.63, 3.8) is 0 Å². The zero-order chi connectivity index (χ0) is 55.7. The van der Waals surface area contributed by atoms with E-state index in [1.807, 2.05) is 6.08 Å². The molecule has 6 heteroatoms. The zero-order valence-electron chi connectivity index (χ0n) is 52.5. The van der Waals surface area contributed by atoms with Crippen LogP contribution in [-0.2, 0) is 14.3 Å². The zero-order valence-corrected chi connectivity index (χ0v) is 52.5. The van der Waals surface area contributed by atoms with Crippen molar-refractivity contribution >= 4 is 11.9 Å². The topological polar surface area (TPSA) is 95.9 Å². The molecule has 0 heterocycles. The average Bonchev–Trinajstić information content (AvgIpc) is 3.43. The molecule has 1 amide bonds. The highest BCUT2D eigenvalue weighted by Gasteiger charge is 2.18. The lowest BCUT2D eigenvalue weighted by atomic mass is 10.0. The number of amides is 1. The molecule has 0 rings (SSSR count). The molecule has 0 aliphatic rings. The molecule has 0 aromatic carbocycles. The van der Waals surface area contributed by atoms with Crippen molar-refractivity contribution in [1.82, 2.24) is 5.32 Å². The van der Waals surface area contributed by atoms with Gasteiger partial charge < -0.3 is 20.3 Å². The molecular weight excluding hydrogens is 947 g/mol. The number of rotatable bonds is 67. The summed E-state index contributed by atoms with van der Waals surface area (Å²) in [5, 5.41) is 23.0. The van der Waals surface area contributed by atoms with Crippen molar-refractivity contribution in [3.05, 3.63) is 12.2 Å². The Kier molecular flexibility index (Phi) is 65.9. The Morgan fingerprint density at radius 3 is 0.883 bits per heavy atom. The number of aliphatic hydroxyl groups excluding tert-OH is 2. The third-order valence-electron chi connectivity index (χ3n) is 16.8. The number of hydrogen-bond donors (Lipinski definition) is 3. The average molecular weight is 1090 g/mol. The van der Waals surface area contributed by atoms with Crippen molar-refractivity contribution in [2.45, 2.75) is 418 Å². The molecule has 458 valence electrons. The Hall–Kier alpha value is -1.40. The molecule has 3 N–H and O–H groups in total. The Morgan fingerprint density at radius 2 is 0.597 bits per heavy atom. The van der Waals surface area contributed by atoms with Crippen LogP contribution in [0, 0.1) is 0 Å². The van der Waals surface area contributed by atoms with Gasteiger partial charge in [0, 0.05) is 12.8 Å². The summed E-state index contributed by atoms with van der Waals surface area (Å²) in [6.07, 6.45) is 83.3. The van der Waals surface area contributed by atoms with E-state index in [0.29, 0.717) is 19.4 Å². The molecular formula is C71H139NO5. The number of ether oxygens (including phenoxy) is 1. The van der Waals surface area contributed by atoms with Crippen LogP contribution in [0.3, 0.4) is 0 Å². The van der Waals surface area contributed by atoms with Crippen molar-refractivity contribution in [2.75, 3.05) is 13.2 Å². The maximum atomic E-state index is 12.4. The number of unbranched alkanes of at least 4 members (excludes halogenated alkanes) is 56. The minimum Gasteiger partial charge on any atom is -0.466 e. The van der Waals surface area contributed by atoms with Crippen LogP contribution in [0.4, 0.5) is 0 Å².